The third-order valence-corrected chi connectivity index (χ3v) is 2.99. The number of benzene rings is 2. The first-order chi connectivity index (χ1) is 9.49. The van der Waals surface area contributed by atoms with Gasteiger partial charge in [0.05, 0.1) is 19.3 Å². The number of methoxy groups -OCH3 is 1. The van der Waals surface area contributed by atoms with Gasteiger partial charge >= 0.3 is 6.18 Å². The van der Waals surface area contributed by atoms with Crippen LogP contribution in [0.25, 0.3) is 11.1 Å². The lowest BCUT2D eigenvalue weighted by Crippen LogP contribution is -2.12. The van der Waals surface area contributed by atoms with E-state index in [1.54, 1.807) is 30.3 Å². The fraction of sp³-hybridized carbons (Fsp3) is 0.200. The molecule has 2 aromatic rings. The van der Waals surface area contributed by atoms with Gasteiger partial charge in [-0.05, 0) is 17.2 Å². The fourth-order valence-electron chi connectivity index (χ4n) is 2.14. The summed E-state index contributed by atoms with van der Waals surface area (Å²) >= 11 is 0. The van der Waals surface area contributed by atoms with E-state index in [4.69, 9.17) is 4.74 Å². The fourth-order valence-corrected chi connectivity index (χ4v) is 2.14. The minimum atomic E-state index is -4.57. The average molecular weight is 282 g/mol. The van der Waals surface area contributed by atoms with E-state index in [1.807, 2.05) is 0 Å². The normalized spacial score (nSPS) is 11.4. The summed E-state index contributed by atoms with van der Waals surface area (Å²) in [4.78, 5) is 0. The first-order valence-electron chi connectivity index (χ1n) is 5.92. The van der Waals surface area contributed by atoms with Crippen LogP contribution in [0.2, 0.25) is 0 Å². The van der Waals surface area contributed by atoms with Gasteiger partial charge in [0.15, 0.2) is 0 Å². The van der Waals surface area contributed by atoms with Crippen molar-refractivity contribution in [2.45, 2.75) is 12.8 Å². The smallest absolute Gasteiger partial charge is 0.417 e. The van der Waals surface area contributed by atoms with Gasteiger partial charge in [-0.1, -0.05) is 36.4 Å². The molecule has 0 aliphatic heterocycles. The molecule has 0 aliphatic carbocycles. The minimum Gasteiger partial charge on any atom is -0.496 e. The van der Waals surface area contributed by atoms with E-state index >= 15 is 0 Å². The molecule has 0 unspecified atom stereocenters. The summed E-state index contributed by atoms with van der Waals surface area (Å²) in [6.45, 7) is -0.682. The summed E-state index contributed by atoms with van der Waals surface area (Å²) in [6.07, 6.45) is -4.57. The Balaban J connectivity index is 2.81. The van der Waals surface area contributed by atoms with Crippen LogP contribution >= 0.6 is 0 Å². The van der Waals surface area contributed by atoms with Crippen LogP contribution in [0.5, 0.6) is 5.75 Å². The first-order valence-corrected chi connectivity index (χ1v) is 5.92. The minimum absolute atomic E-state index is 0.0489. The second-order valence-corrected chi connectivity index (χ2v) is 4.20. The van der Waals surface area contributed by atoms with Crippen molar-refractivity contribution in [2.24, 2.45) is 0 Å². The van der Waals surface area contributed by atoms with Crippen LogP contribution in [0.3, 0.4) is 0 Å². The standard InChI is InChI=1S/C15H13F3O2/c1-20-12-8-7-11(9-19)14(15(16,17)18)13(12)10-5-3-2-4-6-10/h2-8,19H,9H2,1H3. The Bertz CT molecular complexity index is 592. The van der Waals surface area contributed by atoms with Gasteiger partial charge in [-0.15, -0.1) is 0 Å². The first kappa shape index (κ1) is 14.4. The lowest BCUT2D eigenvalue weighted by atomic mass is 9.94. The lowest BCUT2D eigenvalue weighted by molar-refractivity contribution is -0.138. The van der Waals surface area contributed by atoms with Gasteiger partial charge in [0, 0.05) is 5.56 Å². The molecule has 0 amide bonds. The van der Waals surface area contributed by atoms with E-state index in [-0.39, 0.29) is 16.9 Å². The van der Waals surface area contributed by atoms with Crippen LogP contribution in [-0.2, 0) is 12.8 Å². The van der Waals surface area contributed by atoms with Gasteiger partial charge in [0.1, 0.15) is 5.75 Å². The summed E-state index contributed by atoms with van der Waals surface area (Å²) in [5.74, 6) is 0.126. The SMILES string of the molecule is COc1ccc(CO)c(C(F)(F)F)c1-c1ccccc1. The number of rotatable bonds is 3. The Morgan fingerprint density at radius 2 is 1.70 bits per heavy atom. The highest BCUT2D eigenvalue weighted by Crippen LogP contribution is 2.44. The Hall–Kier alpha value is -2.01. The number of halogens is 3. The summed E-state index contributed by atoms with van der Waals surface area (Å²) in [7, 11) is 1.32. The van der Waals surface area contributed by atoms with Gasteiger partial charge in [-0.3, -0.25) is 0 Å². The van der Waals surface area contributed by atoms with Gasteiger partial charge in [-0.25, -0.2) is 0 Å². The Kier molecular flexibility index (Phi) is 3.99. The summed E-state index contributed by atoms with van der Waals surface area (Å²) < 4.78 is 45.0. The van der Waals surface area contributed by atoms with E-state index in [9.17, 15) is 18.3 Å². The zero-order chi connectivity index (χ0) is 14.8. The third kappa shape index (κ3) is 2.63. The van der Waals surface area contributed by atoms with Gasteiger partial charge in [0.2, 0.25) is 0 Å². The van der Waals surface area contributed by atoms with E-state index in [0.29, 0.717) is 5.56 Å². The molecule has 0 bridgehead atoms. The van der Waals surface area contributed by atoms with Crippen molar-refractivity contribution in [3.63, 3.8) is 0 Å². The Labute approximate surface area is 114 Å². The van der Waals surface area contributed by atoms with E-state index in [2.05, 4.69) is 0 Å². The highest BCUT2D eigenvalue weighted by molar-refractivity contribution is 5.76. The number of aliphatic hydroxyl groups is 1. The van der Waals surface area contributed by atoms with Crippen LogP contribution < -0.4 is 4.74 Å². The molecule has 2 rings (SSSR count). The summed E-state index contributed by atoms with van der Waals surface area (Å²) in [5, 5.41) is 9.18. The lowest BCUT2D eigenvalue weighted by Gasteiger charge is -2.19. The molecule has 0 aliphatic rings. The number of alkyl halides is 3. The average Bonchev–Trinajstić information content (AvgIpc) is 2.45. The predicted octanol–water partition coefficient (Wildman–Crippen LogP) is 3.87. The Morgan fingerprint density at radius 1 is 1.05 bits per heavy atom. The molecular weight excluding hydrogens is 269 g/mol. The van der Waals surface area contributed by atoms with Gasteiger partial charge in [0.25, 0.3) is 0 Å². The number of ether oxygens (including phenoxy) is 1. The monoisotopic (exact) mass is 282 g/mol. The predicted molar refractivity (Wildman–Crippen MR) is 69.4 cm³/mol. The number of hydrogen-bond donors (Lipinski definition) is 1. The molecule has 2 nitrogen and oxygen atoms in total. The quantitative estimate of drug-likeness (QED) is 0.926. The van der Waals surface area contributed by atoms with Crippen molar-refractivity contribution in [3.8, 4) is 16.9 Å². The van der Waals surface area contributed by atoms with Crippen molar-refractivity contribution in [1.29, 1.82) is 0 Å². The van der Waals surface area contributed by atoms with Crippen molar-refractivity contribution in [1.82, 2.24) is 0 Å². The molecule has 20 heavy (non-hydrogen) atoms. The van der Waals surface area contributed by atoms with Crippen LogP contribution in [0.15, 0.2) is 42.5 Å². The second-order valence-electron chi connectivity index (χ2n) is 4.20. The maximum absolute atomic E-state index is 13.3. The van der Waals surface area contributed by atoms with Crippen LogP contribution in [0.1, 0.15) is 11.1 Å². The van der Waals surface area contributed by atoms with E-state index < -0.39 is 18.3 Å². The van der Waals surface area contributed by atoms with Crippen molar-refractivity contribution < 1.29 is 23.0 Å². The van der Waals surface area contributed by atoms with Gasteiger partial charge < -0.3 is 9.84 Å². The second kappa shape index (κ2) is 5.54. The molecule has 0 saturated carbocycles. The maximum atomic E-state index is 13.3. The highest BCUT2D eigenvalue weighted by atomic mass is 19.4. The third-order valence-electron chi connectivity index (χ3n) is 2.99. The van der Waals surface area contributed by atoms with Crippen molar-refractivity contribution >= 4 is 0 Å². The van der Waals surface area contributed by atoms with Crippen molar-refractivity contribution in [2.75, 3.05) is 7.11 Å². The summed E-state index contributed by atoms with van der Waals surface area (Å²) in [5.41, 5.74) is -0.679. The van der Waals surface area contributed by atoms with Crippen molar-refractivity contribution in [3.05, 3.63) is 53.6 Å². The molecule has 106 valence electrons. The van der Waals surface area contributed by atoms with E-state index in [1.165, 1.54) is 19.2 Å². The van der Waals surface area contributed by atoms with Gasteiger partial charge in [-0.2, -0.15) is 13.2 Å². The largest absolute Gasteiger partial charge is 0.496 e. The molecule has 5 heteroatoms. The molecule has 0 spiro atoms. The van der Waals surface area contributed by atoms with E-state index in [0.717, 1.165) is 0 Å². The molecule has 0 saturated heterocycles. The van der Waals surface area contributed by atoms with Crippen LogP contribution in [-0.4, -0.2) is 12.2 Å². The molecule has 0 heterocycles. The molecule has 0 aromatic heterocycles. The number of hydrogen-bond acceptors (Lipinski definition) is 2. The highest BCUT2D eigenvalue weighted by Gasteiger charge is 2.37. The van der Waals surface area contributed by atoms with Crippen LogP contribution in [0.4, 0.5) is 13.2 Å². The molecule has 0 atom stereocenters. The molecule has 1 N–H and O–H groups in total. The molecule has 2 aromatic carbocycles. The topological polar surface area (TPSA) is 29.5 Å². The number of aliphatic hydroxyl groups excluding tert-OH is 1. The molecule has 0 radical (unpaired) electrons. The van der Waals surface area contributed by atoms with Crippen LogP contribution in [0, 0.1) is 0 Å². The Morgan fingerprint density at radius 3 is 2.20 bits per heavy atom. The molecule has 0 fully saturated rings. The molecular formula is C15H13F3O2. The summed E-state index contributed by atoms with van der Waals surface area (Å²) in [6, 6.07) is 10.8. The maximum Gasteiger partial charge on any atom is 0.417 e. The zero-order valence-corrected chi connectivity index (χ0v) is 10.7. The zero-order valence-electron chi connectivity index (χ0n) is 10.7.